The van der Waals surface area contributed by atoms with Crippen molar-refractivity contribution in [2.75, 3.05) is 14.2 Å². The second kappa shape index (κ2) is 6.59. The van der Waals surface area contributed by atoms with E-state index in [1.807, 2.05) is 0 Å². The number of methoxy groups -OCH3 is 2. The Kier molecular flexibility index (Phi) is 5.09. The Morgan fingerprint density at radius 1 is 1.29 bits per heavy atom. The fourth-order valence-electron chi connectivity index (χ4n) is 1.47. The second-order valence-electron chi connectivity index (χ2n) is 3.42. The summed E-state index contributed by atoms with van der Waals surface area (Å²) in [6.07, 6.45) is 0.958. The van der Waals surface area contributed by atoms with Crippen molar-refractivity contribution in [1.29, 1.82) is 0 Å². The third-order valence-corrected chi connectivity index (χ3v) is 2.36. The van der Waals surface area contributed by atoms with Gasteiger partial charge in [-0.25, -0.2) is 0 Å². The zero-order valence-electron chi connectivity index (χ0n) is 10.4. The zero-order valence-corrected chi connectivity index (χ0v) is 10.4. The summed E-state index contributed by atoms with van der Waals surface area (Å²) in [6.45, 7) is 1.76. The summed E-state index contributed by atoms with van der Waals surface area (Å²) in [5.41, 5.74) is 0.546. The highest BCUT2D eigenvalue weighted by Gasteiger charge is 2.12. The van der Waals surface area contributed by atoms with Crippen LogP contribution in [-0.2, 0) is 0 Å². The molecule has 1 aromatic carbocycles. The number of hydrogen-bond donors (Lipinski definition) is 0. The average Bonchev–Trinajstić information content (AvgIpc) is 2.38. The third-order valence-electron chi connectivity index (χ3n) is 2.36. The van der Waals surface area contributed by atoms with Gasteiger partial charge in [-0.05, 0) is 25.1 Å². The summed E-state index contributed by atoms with van der Waals surface area (Å²) in [5.74, 6) is 6.88. The van der Waals surface area contributed by atoms with E-state index >= 15 is 0 Å². The lowest BCUT2D eigenvalue weighted by molar-refractivity contribution is 0.0981. The zero-order chi connectivity index (χ0) is 12.7. The van der Waals surface area contributed by atoms with E-state index in [1.54, 1.807) is 39.3 Å². The van der Waals surface area contributed by atoms with Crippen molar-refractivity contribution in [3.05, 3.63) is 23.8 Å². The van der Waals surface area contributed by atoms with Crippen LogP contribution in [0.3, 0.4) is 0 Å². The van der Waals surface area contributed by atoms with Crippen LogP contribution in [0.5, 0.6) is 11.5 Å². The van der Waals surface area contributed by atoms with E-state index < -0.39 is 0 Å². The minimum atomic E-state index is 0.0171. The maximum atomic E-state index is 12.0. The molecule has 0 aliphatic carbocycles. The van der Waals surface area contributed by atoms with E-state index in [1.165, 1.54) is 0 Å². The van der Waals surface area contributed by atoms with Gasteiger partial charge >= 0.3 is 0 Å². The molecule has 0 amide bonds. The van der Waals surface area contributed by atoms with Gasteiger partial charge in [0.05, 0.1) is 19.8 Å². The molecule has 1 rings (SSSR count). The molecule has 0 unspecified atom stereocenters. The number of benzene rings is 1. The van der Waals surface area contributed by atoms with E-state index in [2.05, 4.69) is 11.8 Å². The summed E-state index contributed by atoms with van der Waals surface area (Å²) in [4.78, 5) is 12.0. The molecule has 0 radical (unpaired) electrons. The first-order valence-corrected chi connectivity index (χ1v) is 5.37. The van der Waals surface area contributed by atoms with Gasteiger partial charge in [0.25, 0.3) is 0 Å². The van der Waals surface area contributed by atoms with Crippen molar-refractivity contribution < 1.29 is 14.3 Å². The summed E-state index contributed by atoms with van der Waals surface area (Å²) in [5, 5.41) is 0. The van der Waals surface area contributed by atoms with Gasteiger partial charge in [-0.15, -0.1) is 11.8 Å². The van der Waals surface area contributed by atoms with Crippen molar-refractivity contribution >= 4 is 5.78 Å². The predicted molar refractivity (Wildman–Crippen MR) is 66.6 cm³/mol. The van der Waals surface area contributed by atoms with Crippen LogP contribution in [0.1, 0.15) is 30.1 Å². The number of Topliss-reactive ketones (excluding diaryl/α,β-unsaturated/α-hetero) is 1. The maximum Gasteiger partial charge on any atom is 0.167 e. The molecule has 90 valence electrons. The molecular formula is C14H16O3. The van der Waals surface area contributed by atoms with Crippen LogP contribution >= 0.6 is 0 Å². The smallest absolute Gasteiger partial charge is 0.167 e. The molecule has 17 heavy (non-hydrogen) atoms. The molecule has 3 nitrogen and oxygen atoms in total. The number of rotatable bonds is 5. The number of carbonyl (C=O) groups is 1. The minimum Gasteiger partial charge on any atom is -0.497 e. The van der Waals surface area contributed by atoms with Gasteiger partial charge in [0.2, 0.25) is 0 Å². The largest absolute Gasteiger partial charge is 0.497 e. The Morgan fingerprint density at radius 2 is 2.06 bits per heavy atom. The van der Waals surface area contributed by atoms with Gasteiger partial charge < -0.3 is 9.47 Å². The average molecular weight is 232 g/mol. The van der Waals surface area contributed by atoms with Crippen molar-refractivity contribution in [2.45, 2.75) is 19.8 Å². The van der Waals surface area contributed by atoms with Crippen LogP contribution in [0.15, 0.2) is 18.2 Å². The van der Waals surface area contributed by atoms with E-state index in [4.69, 9.17) is 9.47 Å². The lowest BCUT2D eigenvalue weighted by Crippen LogP contribution is -2.02. The Bertz CT molecular complexity index is 452. The van der Waals surface area contributed by atoms with Crippen LogP contribution in [0.2, 0.25) is 0 Å². The predicted octanol–water partition coefficient (Wildman–Crippen LogP) is 2.69. The molecular weight excluding hydrogens is 216 g/mol. The van der Waals surface area contributed by atoms with E-state index in [-0.39, 0.29) is 5.78 Å². The first kappa shape index (κ1) is 13.1. The van der Waals surface area contributed by atoms with Crippen molar-refractivity contribution in [3.8, 4) is 23.3 Å². The SMILES string of the molecule is CC#CCCC(=O)c1cc(OC)ccc1OC. The van der Waals surface area contributed by atoms with Crippen LogP contribution < -0.4 is 9.47 Å². The second-order valence-corrected chi connectivity index (χ2v) is 3.42. The van der Waals surface area contributed by atoms with Crippen molar-refractivity contribution in [3.63, 3.8) is 0 Å². The number of carbonyl (C=O) groups excluding carboxylic acids is 1. The maximum absolute atomic E-state index is 12.0. The molecule has 0 heterocycles. The third kappa shape index (κ3) is 3.53. The van der Waals surface area contributed by atoms with Crippen LogP contribution in [-0.4, -0.2) is 20.0 Å². The monoisotopic (exact) mass is 232 g/mol. The summed E-state index contributed by atoms with van der Waals surface area (Å²) in [7, 11) is 3.11. The molecule has 0 aliphatic heterocycles. The molecule has 0 saturated carbocycles. The minimum absolute atomic E-state index is 0.0171. The summed E-state index contributed by atoms with van der Waals surface area (Å²) < 4.78 is 10.3. The molecule has 3 heteroatoms. The van der Waals surface area contributed by atoms with Gasteiger partial charge in [0, 0.05) is 12.8 Å². The highest BCUT2D eigenvalue weighted by molar-refractivity contribution is 5.99. The first-order valence-electron chi connectivity index (χ1n) is 5.37. The standard InChI is InChI=1S/C14H16O3/c1-4-5-6-7-13(15)12-10-11(16-2)8-9-14(12)17-3/h8-10H,6-7H2,1-3H3. The molecule has 0 aromatic heterocycles. The van der Waals surface area contributed by atoms with Gasteiger partial charge in [0.15, 0.2) is 5.78 Å². The fraction of sp³-hybridized carbons (Fsp3) is 0.357. The molecule has 0 saturated heterocycles. The Balaban J connectivity index is 2.91. The van der Waals surface area contributed by atoms with Gasteiger partial charge in [-0.2, -0.15) is 0 Å². The molecule has 0 spiro atoms. The number of ketones is 1. The van der Waals surface area contributed by atoms with Crippen molar-refractivity contribution in [1.82, 2.24) is 0 Å². The highest BCUT2D eigenvalue weighted by Crippen LogP contribution is 2.25. The summed E-state index contributed by atoms with van der Waals surface area (Å²) >= 11 is 0. The van der Waals surface area contributed by atoms with E-state index in [9.17, 15) is 4.79 Å². The Labute approximate surface area is 102 Å². The Hall–Kier alpha value is -1.95. The fourth-order valence-corrected chi connectivity index (χ4v) is 1.47. The number of ether oxygens (including phenoxy) is 2. The highest BCUT2D eigenvalue weighted by atomic mass is 16.5. The normalized spacial score (nSPS) is 9.12. The van der Waals surface area contributed by atoms with Crippen LogP contribution in [0, 0.1) is 11.8 Å². The van der Waals surface area contributed by atoms with Gasteiger partial charge in [0.1, 0.15) is 11.5 Å². The lowest BCUT2D eigenvalue weighted by Gasteiger charge is -2.08. The topological polar surface area (TPSA) is 35.5 Å². The molecule has 1 aromatic rings. The molecule has 0 N–H and O–H groups in total. The van der Waals surface area contributed by atoms with Gasteiger partial charge in [-0.3, -0.25) is 4.79 Å². The lowest BCUT2D eigenvalue weighted by atomic mass is 10.1. The van der Waals surface area contributed by atoms with Crippen LogP contribution in [0.25, 0.3) is 0 Å². The van der Waals surface area contributed by atoms with Gasteiger partial charge in [-0.1, -0.05) is 0 Å². The molecule has 0 atom stereocenters. The molecule has 0 fully saturated rings. The quantitative estimate of drug-likeness (QED) is 0.578. The first-order chi connectivity index (χ1) is 8.22. The van der Waals surface area contributed by atoms with E-state index in [0.29, 0.717) is 29.9 Å². The Morgan fingerprint density at radius 3 is 2.65 bits per heavy atom. The van der Waals surface area contributed by atoms with Crippen molar-refractivity contribution in [2.24, 2.45) is 0 Å². The van der Waals surface area contributed by atoms with Crippen LogP contribution in [0.4, 0.5) is 0 Å². The molecule has 0 bridgehead atoms. The molecule has 0 aliphatic rings. The number of hydrogen-bond acceptors (Lipinski definition) is 3. The summed E-state index contributed by atoms with van der Waals surface area (Å²) in [6, 6.07) is 5.19. The van der Waals surface area contributed by atoms with E-state index in [0.717, 1.165) is 0 Å².